The number of hydrogen-bond donors (Lipinski definition) is 2. The molecule has 1 unspecified atom stereocenters. The second-order valence-corrected chi connectivity index (χ2v) is 3.70. The first-order valence-electron chi connectivity index (χ1n) is 4.59. The molecular formula is C9H22N2O. The van der Waals surface area contributed by atoms with Crippen molar-refractivity contribution in [1.82, 2.24) is 5.32 Å². The lowest BCUT2D eigenvalue weighted by Gasteiger charge is -2.31. The van der Waals surface area contributed by atoms with E-state index in [1.165, 1.54) is 0 Å². The van der Waals surface area contributed by atoms with Gasteiger partial charge >= 0.3 is 0 Å². The second-order valence-electron chi connectivity index (χ2n) is 3.70. The van der Waals surface area contributed by atoms with Crippen molar-refractivity contribution >= 4 is 0 Å². The minimum absolute atomic E-state index is 0.0792. The average Bonchev–Trinajstić information content (AvgIpc) is 2.00. The molecule has 0 spiro atoms. The topological polar surface area (TPSA) is 47.3 Å². The molecule has 0 aromatic carbocycles. The van der Waals surface area contributed by atoms with Crippen LogP contribution in [0.3, 0.4) is 0 Å². The Labute approximate surface area is 75.7 Å². The lowest BCUT2D eigenvalue weighted by atomic mass is 10.0. The van der Waals surface area contributed by atoms with Crippen molar-refractivity contribution in [3.8, 4) is 0 Å². The predicted molar refractivity (Wildman–Crippen MR) is 52.2 cm³/mol. The van der Waals surface area contributed by atoms with Crippen LogP contribution in [0.5, 0.6) is 0 Å². The van der Waals surface area contributed by atoms with Gasteiger partial charge in [-0.3, -0.25) is 0 Å². The molecule has 0 aliphatic carbocycles. The third-order valence-corrected chi connectivity index (χ3v) is 1.71. The van der Waals surface area contributed by atoms with Gasteiger partial charge in [0.1, 0.15) is 0 Å². The predicted octanol–water partition coefficient (Wildman–Crippen LogP) is 0.738. The van der Waals surface area contributed by atoms with Crippen molar-refractivity contribution in [2.45, 2.75) is 39.3 Å². The lowest BCUT2D eigenvalue weighted by Crippen LogP contribution is -2.54. The summed E-state index contributed by atoms with van der Waals surface area (Å²) in [6.07, 6.45) is 0. The van der Waals surface area contributed by atoms with Crippen LogP contribution in [0.15, 0.2) is 0 Å². The third-order valence-electron chi connectivity index (χ3n) is 1.71. The summed E-state index contributed by atoms with van der Waals surface area (Å²) in [6, 6.07) is 0.444. The lowest BCUT2D eigenvalue weighted by molar-refractivity contribution is 0.0836. The van der Waals surface area contributed by atoms with Crippen LogP contribution in [0, 0.1) is 0 Å². The number of nitrogens with two attached hydrogens (primary N) is 1. The smallest absolute Gasteiger partial charge is 0.0657 e. The number of nitrogens with one attached hydrogen (secondary N) is 1. The molecule has 0 aromatic rings. The molecule has 0 radical (unpaired) electrons. The Balaban J connectivity index is 3.86. The molecule has 0 aromatic heterocycles. The van der Waals surface area contributed by atoms with Gasteiger partial charge in [0, 0.05) is 19.2 Å². The third kappa shape index (κ3) is 4.70. The van der Waals surface area contributed by atoms with Crippen LogP contribution in [0.1, 0.15) is 27.7 Å². The van der Waals surface area contributed by atoms with Crippen molar-refractivity contribution in [1.29, 1.82) is 0 Å². The Morgan fingerprint density at radius 1 is 1.50 bits per heavy atom. The van der Waals surface area contributed by atoms with Gasteiger partial charge in [0.2, 0.25) is 0 Å². The summed E-state index contributed by atoms with van der Waals surface area (Å²) >= 11 is 0. The zero-order chi connectivity index (χ0) is 9.61. The Morgan fingerprint density at radius 3 is 2.42 bits per heavy atom. The van der Waals surface area contributed by atoms with E-state index in [-0.39, 0.29) is 5.54 Å². The summed E-state index contributed by atoms with van der Waals surface area (Å²) in [5.74, 6) is 0. The molecule has 3 nitrogen and oxygen atoms in total. The van der Waals surface area contributed by atoms with Gasteiger partial charge in [-0.1, -0.05) is 13.8 Å². The highest BCUT2D eigenvalue weighted by atomic mass is 16.5. The number of rotatable bonds is 6. The van der Waals surface area contributed by atoms with Crippen LogP contribution in [0.2, 0.25) is 0 Å². The van der Waals surface area contributed by atoms with Gasteiger partial charge in [0.05, 0.1) is 12.1 Å². The molecule has 3 N–H and O–H groups in total. The van der Waals surface area contributed by atoms with Crippen LogP contribution in [0.4, 0.5) is 0 Å². The fraction of sp³-hybridized carbons (Fsp3) is 1.00. The summed E-state index contributed by atoms with van der Waals surface area (Å²) in [5.41, 5.74) is 5.57. The monoisotopic (exact) mass is 174 g/mol. The van der Waals surface area contributed by atoms with E-state index in [9.17, 15) is 0 Å². The highest BCUT2D eigenvalue weighted by molar-refractivity contribution is 4.85. The largest absolute Gasteiger partial charge is 0.380 e. The molecule has 0 amide bonds. The normalized spacial score (nSPS) is 16.5. The van der Waals surface area contributed by atoms with Crippen LogP contribution in [-0.2, 0) is 4.74 Å². The van der Waals surface area contributed by atoms with Gasteiger partial charge in [-0.25, -0.2) is 0 Å². The van der Waals surface area contributed by atoms with E-state index in [4.69, 9.17) is 10.5 Å². The van der Waals surface area contributed by atoms with E-state index in [1.807, 2.05) is 6.92 Å². The minimum atomic E-state index is -0.0792. The van der Waals surface area contributed by atoms with Gasteiger partial charge < -0.3 is 15.8 Å². The van der Waals surface area contributed by atoms with Crippen molar-refractivity contribution in [3.05, 3.63) is 0 Å². The molecule has 12 heavy (non-hydrogen) atoms. The van der Waals surface area contributed by atoms with Gasteiger partial charge in [-0.2, -0.15) is 0 Å². The van der Waals surface area contributed by atoms with E-state index in [0.717, 1.165) is 6.61 Å². The molecule has 0 saturated heterocycles. The van der Waals surface area contributed by atoms with Crippen LogP contribution in [0.25, 0.3) is 0 Å². The zero-order valence-electron chi connectivity index (χ0n) is 8.68. The standard InChI is InChI=1S/C9H22N2O/c1-5-12-7-9(4,6-10)11-8(2)3/h8,11H,5-7,10H2,1-4H3. The summed E-state index contributed by atoms with van der Waals surface area (Å²) in [5, 5.41) is 3.39. The first-order valence-corrected chi connectivity index (χ1v) is 4.59. The van der Waals surface area contributed by atoms with E-state index >= 15 is 0 Å². The zero-order valence-corrected chi connectivity index (χ0v) is 8.68. The SMILES string of the molecule is CCOCC(C)(CN)NC(C)C. The van der Waals surface area contributed by atoms with Gasteiger partial charge in [0.15, 0.2) is 0 Å². The van der Waals surface area contributed by atoms with Gasteiger partial charge in [0.25, 0.3) is 0 Å². The molecular weight excluding hydrogens is 152 g/mol. The van der Waals surface area contributed by atoms with Crippen LogP contribution >= 0.6 is 0 Å². The molecule has 0 aliphatic rings. The maximum Gasteiger partial charge on any atom is 0.0657 e. The summed E-state index contributed by atoms with van der Waals surface area (Å²) in [7, 11) is 0. The Morgan fingerprint density at radius 2 is 2.08 bits per heavy atom. The van der Waals surface area contributed by atoms with E-state index in [1.54, 1.807) is 0 Å². The van der Waals surface area contributed by atoms with Crippen molar-refractivity contribution in [3.63, 3.8) is 0 Å². The Hall–Kier alpha value is -0.120. The van der Waals surface area contributed by atoms with E-state index in [0.29, 0.717) is 19.2 Å². The number of hydrogen-bond acceptors (Lipinski definition) is 3. The van der Waals surface area contributed by atoms with Crippen LogP contribution < -0.4 is 11.1 Å². The van der Waals surface area contributed by atoms with Crippen molar-refractivity contribution in [2.75, 3.05) is 19.8 Å². The molecule has 0 fully saturated rings. The van der Waals surface area contributed by atoms with Gasteiger partial charge in [-0.15, -0.1) is 0 Å². The van der Waals surface area contributed by atoms with Crippen molar-refractivity contribution in [2.24, 2.45) is 5.73 Å². The van der Waals surface area contributed by atoms with Crippen molar-refractivity contribution < 1.29 is 4.74 Å². The molecule has 0 rings (SSSR count). The molecule has 0 saturated carbocycles. The fourth-order valence-corrected chi connectivity index (χ4v) is 1.18. The first kappa shape index (κ1) is 11.9. The molecule has 3 heteroatoms. The Bertz CT molecular complexity index is 117. The number of ether oxygens (including phenoxy) is 1. The Kier molecular flexibility index (Phi) is 5.46. The maximum atomic E-state index is 5.65. The highest BCUT2D eigenvalue weighted by Crippen LogP contribution is 2.03. The molecule has 0 heterocycles. The minimum Gasteiger partial charge on any atom is -0.380 e. The summed E-state index contributed by atoms with van der Waals surface area (Å²) < 4.78 is 5.35. The first-order chi connectivity index (χ1) is 5.54. The average molecular weight is 174 g/mol. The molecule has 1 atom stereocenters. The van der Waals surface area contributed by atoms with E-state index < -0.39 is 0 Å². The van der Waals surface area contributed by atoms with Gasteiger partial charge in [-0.05, 0) is 13.8 Å². The van der Waals surface area contributed by atoms with Crippen LogP contribution in [-0.4, -0.2) is 31.3 Å². The summed E-state index contributed by atoms with van der Waals surface area (Å²) in [4.78, 5) is 0. The highest BCUT2D eigenvalue weighted by Gasteiger charge is 2.22. The molecule has 0 aliphatic heterocycles. The fourth-order valence-electron chi connectivity index (χ4n) is 1.18. The quantitative estimate of drug-likeness (QED) is 0.624. The maximum absolute atomic E-state index is 5.65. The van der Waals surface area contributed by atoms with E-state index in [2.05, 4.69) is 26.1 Å². The molecule has 74 valence electrons. The second kappa shape index (κ2) is 5.51. The summed E-state index contributed by atoms with van der Waals surface area (Å²) in [6.45, 7) is 10.3. The molecule has 0 bridgehead atoms.